The van der Waals surface area contributed by atoms with Gasteiger partial charge < -0.3 is 20.9 Å². The van der Waals surface area contributed by atoms with E-state index in [1.165, 1.54) is 12.1 Å². The van der Waals surface area contributed by atoms with Crippen LogP contribution in [0.3, 0.4) is 0 Å². The van der Waals surface area contributed by atoms with E-state index >= 15 is 0 Å². The van der Waals surface area contributed by atoms with E-state index < -0.39 is 11.7 Å². The number of piperazine rings is 1. The number of alkyl halides is 3. The molecule has 1 aromatic heterocycles. The van der Waals surface area contributed by atoms with Crippen LogP contribution in [0.4, 0.5) is 30.4 Å². The van der Waals surface area contributed by atoms with Crippen molar-refractivity contribution in [3.63, 3.8) is 0 Å². The highest BCUT2D eigenvalue weighted by atomic mass is 35.5. The molecule has 3 heterocycles. The molecular formula is C25H32ClF3N6O. The molecule has 7 nitrogen and oxygen atoms in total. The van der Waals surface area contributed by atoms with Gasteiger partial charge in [-0.05, 0) is 62.2 Å². The van der Waals surface area contributed by atoms with Gasteiger partial charge in [0.25, 0.3) is 0 Å². The van der Waals surface area contributed by atoms with Gasteiger partial charge in [-0.3, -0.25) is 9.69 Å². The number of halogens is 4. The molecule has 4 rings (SSSR count). The molecule has 0 spiro atoms. The van der Waals surface area contributed by atoms with E-state index in [0.717, 1.165) is 69.8 Å². The Hall–Kier alpha value is -2.72. The lowest BCUT2D eigenvalue weighted by atomic mass is 10.0. The van der Waals surface area contributed by atoms with Gasteiger partial charge in [0.1, 0.15) is 5.82 Å². The lowest BCUT2D eigenvalue weighted by Crippen LogP contribution is -2.47. The summed E-state index contributed by atoms with van der Waals surface area (Å²) >= 11 is 5.99. The highest BCUT2D eigenvalue weighted by Gasteiger charge is 2.30. The first-order valence-corrected chi connectivity index (χ1v) is 12.7. The van der Waals surface area contributed by atoms with Crippen molar-refractivity contribution in [3.05, 3.63) is 47.1 Å². The van der Waals surface area contributed by atoms with Gasteiger partial charge in [-0.15, -0.1) is 0 Å². The number of benzene rings is 1. The fourth-order valence-corrected chi connectivity index (χ4v) is 4.86. The van der Waals surface area contributed by atoms with Gasteiger partial charge in [-0.25, -0.2) is 4.98 Å². The molecule has 0 unspecified atom stereocenters. The molecule has 2 fully saturated rings. The predicted octanol–water partition coefficient (Wildman–Crippen LogP) is 4.34. The van der Waals surface area contributed by atoms with Crippen LogP contribution in [0, 0.1) is 0 Å². The fourth-order valence-electron chi connectivity index (χ4n) is 4.71. The highest BCUT2D eigenvalue weighted by Crippen LogP contribution is 2.30. The van der Waals surface area contributed by atoms with E-state index in [9.17, 15) is 18.0 Å². The molecule has 2 aromatic rings. The number of nitrogen functional groups attached to an aromatic ring is 1. The number of piperidine rings is 1. The van der Waals surface area contributed by atoms with E-state index in [4.69, 9.17) is 17.3 Å². The Bertz CT molecular complexity index is 1020. The Morgan fingerprint density at radius 1 is 1.03 bits per heavy atom. The second-order valence-corrected chi connectivity index (χ2v) is 9.71. The van der Waals surface area contributed by atoms with Gasteiger partial charge >= 0.3 is 6.18 Å². The normalized spacial score (nSPS) is 17.9. The molecule has 3 N–H and O–H groups in total. The minimum Gasteiger partial charge on any atom is -0.396 e. The molecular weight excluding hydrogens is 493 g/mol. The number of likely N-dealkylation sites (tertiary alicyclic amines) is 1. The van der Waals surface area contributed by atoms with Crippen LogP contribution in [0.2, 0.25) is 5.15 Å². The Kier molecular flexibility index (Phi) is 8.46. The van der Waals surface area contributed by atoms with Crippen molar-refractivity contribution < 1.29 is 18.0 Å². The summed E-state index contributed by atoms with van der Waals surface area (Å²) in [6, 6.07) is 9.12. The smallest absolute Gasteiger partial charge is 0.396 e. The third-order valence-electron chi connectivity index (χ3n) is 6.87. The minimum atomic E-state index is -4.31. The van der Waals surface area contributed by atoms with Gasteiger partial charge in [0.05, 0.1) is 11.3 Å². The molecule has 11 heteroatoms. The van der Waals surface area contributed by atoms with E-state index in [0.29, 0.717) is 31.0 Å². The van der Waals surface area contributed by atoms with Crippen molar-refractivity contribution in [2.24, 2.45) is 0 Å². The Labute approximate surface area is 214 Å². The van der Waals surface area contributed by atoms with Crippen LogP contribution in [0.15, 0.2) is 36.4 Å². The lowest BCUT2D eigenvalue weighted by molar-refractivity contribution is -0.137. The molecule has 2 saturated heterocycles. The summed E-state index contributed by atoms with van der Waals surface area (Å²) in [6.07, 6.45) is -1.30. The highest BCUT2D eigenvalue weighted by molar-refractivity contribution is 6.31. The van der Waals surface area contributed by atoms with Gasteiger partial charge in [-0.2, -0.15) is 13.2 Å². The molecule has 0 bridgehead atoms. The first kappa shape index (κ1) is 26.3. The summed E-state index contributed by atoms with van der Waals surface area (Å²) in [5, 5.41) is 3.66. The summed E-state index contributed by atoms with van der Waals surface area (Å²) in [7, 11) is 0. The summed E-state index contributed by atoms with van der Waals surface area (Å²) in [5.74, 6) is 0.878. The second kappa shape index (κ2) is 11.6. The molecule has 0 radical (unpaired) electrons. The van der Waals surface area contributed by atoms with Gasteiger partial charge in [0.15, 0.2) is 5.15 Å². The number of nitrogens with one attached hydrogen (secondary N) is 1. The van der Waals surface area contributed by atoms with E-state index in [1.54, 1.807) is 6.07 Å². The van der Waals surface area contributed by atoms with Crippen molar-refractivity contribution in [2.75, 3.05) is 61.8 Å². The first-order valence-electron chi connectivity index (χ1n) is 12.3. The van der Waals surface area contributed by atoms with Crippen molar-refractivity contribution >= 4 is 34.7 Å². The zero-order valence-electron chi connectivity index (χ0n) is 20.1. The molecule has 1 amide bonds. The minimum absolute atomic E-state index is 0.186. The van der Waals surface area contributed by atoms with Crippen LogP contribution in [0.5, 0.6) is 0 Å². The Morgan fingerprint density at radius 3 is 2.31 bits per heavy atom. The number of pyridine rings is 1. The molecule has 36 heavy (non-hydrogen) atoms. The topological polar surface area (TPSA) is 77.7 Å². The van der Waals surface area contributed by atoms with Crippen molar-refractivity contribution in [2.45, 2.75) is 37.9 Å². The number of rotatable bonds is 7. The molecule has 2 aliphatic heterocycles. The monoisotopic (exact) mass is 524 g/mol. The number of nitrogens with two attached hydrogens (primary N) is 1. The quantitative estimate of drug-likeness (QED) is 0.525. The van der Waals surface area contributed by atoms with E-state index in [-0.39, 0.29) is 17.1 Å². The lowest BCUT2D eigenvalue weighted by Gasteiger charge is -2.36. The zero-order chi connectivity index (χ0) is 25.7. The number of aromatic nitrogens is 1. The van der Waals surface area contributed by atoms with Crippen LogP contribution < -0.4 is 16.0 Å². The summed E-state index contributed by atoms with van der Waals surface area (Å²) in [4.78, 5) is 23.3. The maximum Gasteiger partial charge on any atom is 0.416 e. The van der Waals surface area contributed by atoms with Crippen LogP contribution in [-0.2, 0) is 11.0 Å². The second-order valence-electron chi connectivity index (χ2n) is 9.35. The average molecular weight is 525 g/mol. The zero-order valence-corrected chi connectivity index (χ0v) is 20.9. The third kappa shape index (κ3) is 6.94. The van der Waals surface area contributed by atoms with Crippen molar-refractivity contribution in [1.29, 1.82) is 0 Å². The standard InChI is InChI=1S/C25H32ClF3N6O/c26-24-21(30)7-8-22(32-24)31-19-9-12-35(13-10-19)23(36)2-1-11-33-14-16-34(17-15-33)20-5-3-18(4-6-20)25(27,28)29/h3-8,19H,1-2,9-17,30H2,(H,31,32). The average Bonchev–Trinajstić information content (AvgIpc) is 2.87. The van der Waals surface area contributed by atoms with Gasteiger partial charge in [0, 0.05) is 57.4 Å². The SMILES string of the molecule is Nc1ccc(NC2CCN(C(=O)CCCN3CCN(c4ccc(C(F)(F)F)cc4)CC3)CC2)nc1Cl. The number of hydrogen-bond donors (Lipinski definition) is 2. The number of hydrogen-bond acceptors (Lipinski definition) is 6. The number of nitrogens with zero attached hydrogens (tertiary/aromatic N) is 4. The van der Waals surface area contributed by atoms with Crippen LogP contribution in [0.25, 0.3) is 0 Å². The maximum absolute atomic E-state index is 12.8. The molecule has 196 valence electrons. The number of carbonyl (C=O) groups is 1. The van der Waals surface area contributed by atoms with Crippen LogP contribution >= 0.6 is 11.6 Å². The molecule has 0 atom stereocenters. The molecule has 2 aliphatic rings. The fraction of sp³-hybridized carbons (Fsp3) is 0.520. The molecule has 1 aromatic carbocycles. The molecule has 0 aliphatic carbocycles. The Balaban J connectivity index is 1.12. The third-order valence-corrected chi connectivity index (χ3v) is 7.18. The largest absolute Gasteiger partial charge is 0.416 e. The Morgan fingerprint density at radius 2 is 1.69 bits per heavy atom. The van der Waals surface area contributed by atoms with Crippen molar-refractivity contribution in [3.8, 4) is 0 Å². The van der Waals surface area contributed by atoms with Crippen molar-refractivity contribution in [1.82, 2.24) is 14.8 Å². The summed E-state index contributed by atoms with van der Waals surface area (Å²) in [5.41, 5.74) is 6.34. The van der Waals surface area contributed by atoms with Gasteiger partial charge in [-0.1, -0.05) is 11.6 Å². The molecule has 0 saturated carbocycles. The first-order chi connectivity index (χ1) is 17.2. The van der Waals surface area contributed by atoms with Crippen LogP contribution in [0.1, 0.15) is 31.2 Å². The number of amides is 1. The van der Waals surface area contributed by atoms with Crippen LogP contribution in [-0.4, -0.2) is 72.5 Å². The number of carbonyl (C=O) groups excluding carboxylic acids is 1. The van der Waals surface area contributed by atoms with Gasteiger partial charge in [0.2, 0.25) is 5.91 Å². The van der Waals surface area contributed by atoms with E-state index in [1.807, 2.05) is 11.0 Å². The summed E-state index contributed by atoms with van der Waals surface area (Å²) in [6.45, 7) is 5.44. The maximum atomic E-state index is 12.8. The predicted molar refractivity (Wildman–Crippen MR) is 136 cm³/mol. The summed E-state index contributed by atoms with van der Waals surface area (Å²) < 4.78 is 38.3. The van der Waals surface area contributed by atoms with E-state index in [2.05, 4.69) is 20.1 Å². The number of anilines is 3.